The van der Waals surface area contributed by atoms with Crippen LogP contribution in [-0.2, 0) is 14.2 Å². The lowest BCUT2D eigenvalue weighted by molar-refractivity contribution is -0.0668. The minimum absolute atomic E-state index is 0.239. The lowest BCUT2D eigenvalue weighted by atomic mass is 10.0. The topological polar surface area (TPSA) is 80.7 Å². The summed E-state index contributed by atoms with van der Waals surface area (Å²) in [5, 5.41) is 9.56. The maximum Gasteiger partial charge on any atom is 0.146 e. The van der Waals surface area contributed by atoms with Crippen LogP contribution in [0.15, 0.2) is 12.1 Å². The van der Waals surface area contributed by atoms with Gasteiger partial charge in [0.05, 0.1) is 47.8 Å². The van der Waals surface area contributed by atoms with Gasteiger partial charge in [-0.3, -0.25) is 0 Å². The van der Waals surface area contributed by atoms with E-state index < -0.39 is 8.07 Å². The summed E-state index contributed by atoms with van der Waals surface area (Å²) in [5.74, 6) is 0. The van der Waals surface area contributed by atoms with Crippen molar-refractivity contribution in [2.24, 2.45) is 0 Å². The summed E-state index contributed by atoms with van der Waals surface area (Å²) in [6, 6.07) is 6.91. The zero-order chi connectivity index (χ0) is 21.3. The van der Waals surface area contributed by atoms with Gasteiger partial charge in [-0.15, -0.1) is 0 Å². The van der Waals surface area contributed by atoms with Crippen molar-refractivity contribution >= 4 is 31.0 Å². The van der Waals surface area contributed by atoms with Crippen LogP contribution in [0.3, 0.4) is 0 Å². The predicted octanol–water partition coefficient (Wildman–Crippen LogP) is 4.50. The van der Waals surface area contributed by atoms with E-state index in [1.54, 1.807) is 12.1 Å². The van der Waals surface area contributed by atoms with Crippen molar-refractivity contribution in [3.63, 3.8) is 0 Å². The molecule has 2 rings (SSSR count). The van der Waals surface area contributed by atoms with Gasteiger partial charge in [0.1, 0.15) is 12.9 Å². The maximum absolute atomic E-state index is 9.12. The molecule has 1 fully saturated rings. The number of anilines is 2. The first kappa shape index (κ1) is 24.0. The molecule has 0 radical (unpaired) electrons. The molecule has 1 saturated heterocycles. The van der Waals surface area contributed by atoms with Crippen LogP contribution >= 0.6 is 11.6 Å². The van der Waals surface area contributed by atoms with Crippen LogP contribution in [0.25, 0.3) is 0 Å². The lowest BCUT2D eigenvalue weighted by Gasteiger charge is -2.38. The smallest absolute Gasteiger partial charge is 0.146 e. The van der Waals surface area contributed by atoms with Gasteiger partial charge >= 0.3 is 0 Å². The molecule has 0 saturated carbocycles. The SMILES string of the molecule is C[Si](C)(C)CCOCOCCOCC1CCCCN1c1cc(Cl)c(C#N)cc1N. The Bertz CT molecular complexity index is 691. The van der Waals surface area contributed by atoms with E-state index in [0.717, 1.165) is 44.1 Å². The van der Waals surface area contributed by atoms with Crippen LogP contribution in [0.4, 0.5) is 11.4 Å². The second-order valence-electron chi connectivity index (χ2n) is 8.67. The monoisotopic (exact) mass is 439 g/mol. The Morgan fingerprint density at radius 2 is 1.90 bits per heavy atom. The molecule has 8 heteroatoms. The molecule has 29 heavy (non-hydrogen) atoms. The third kappa shape index (κ3) is 8.15. The molecule has 2 N–H and O–H groups in total. The molecule has 1 aliphatic rings. The second-order valence-corrected chi connectivity index (χ2v) is 14.7. The first-order valence-electron chi connectivity index (χ1n) is 10.3. The zero-order valence-electron chi connectivity index (χ0n) is 17.9. The van der Waals surface area contributed by atoms with E-state index >= 15 is 0 Å². The van der Waals surface area contributed by atoms with E-state index in [9.17, 15) is 0 Å². The molecule has 0 aliphatic carbocycles. The zero-order valence-corrected chi connectivity index (χ0v) is 19.6. The van der Waals surface area contributed by atoms with Crippen molar-refractivity contribution in [2.45, 2.75) is 51.0 Å². The van der Waals surface area contributed by atoms with Crippen molar-refractivity contribution in [1.82, 2.24) is 0 Å². The number of nitriles is 1. The van der Waals surface area contributed by atoms with Gasteiger partial charge in [-0.25, -0.2) is 0 Å². The van der Waals surface area contributed by atoms with Gasteiger partial charge in [-0.1, -0.05) is 31.2 Å². The summed E-state index contributed by atoms with van der Waals surface area (Å²) in [6.07, 6.45) is 3.30. The van der Waals surface area contributed by atoms with Gasteiger partial charge in [0.2, 0.25) is 0 Å². The molecule has 1 aromatic rings. The minimum Gasteiger partial charge on any atom is -0.397 e. The van der Waals surface area contributed by atoms with Gasteiger partial charge in [0, 0.05) is 21.2 Å². The highest BCUT2D eigenvalue weighted by atomic mass is 35.5. The number of piperidine rings is 1. The molecule has 0 aromatic heterocycles. The van der Waals surface area contributed by atoms with E-state index in [1.165, 1.54) is 0 Å². The molecule has 1 unspecified atom stereocenters. The molecular formula is C21H34ClN3O3Si. The Morgan fingerprint density at radius 3 is 2.62 bits per heavy atom. The molecular weight excluding hydrogens is 406 g/mol. The first-order chi connectivity index (χ1) is 13.8. The van der Waals surface area contributed by atoms with Crippen molar-refractivity contribution in [3.05, 3.63) is 22.7 Å². The molecule has 1 heterocycles. The number of nitrogens with zero attached hydrogens (tertiary/aromatic N) is 2. The van der Waals surface area contributed by atoms with Gasteiger partial charge in [0.25, 0.3) is 0 Å². The van der Waals surface area contributed by atoms with E-state index in [0.29, 0.717) is 42.9 Å². The van der Waals surface area contributed by atoms with Gasteiger partial charge in [-0.2, -0.15) is 5.26 Å². The fourth-order valence-electron chi connectivity index (χ4n) is 3.30. The van der Waals surface area contributed by atoms with Crippen LogP contribution in [0.2, 0.25) is 30.7 Å². The van der Waals surface area contributed by atoms with Crippen LogP contribution in [-0.4, -0.2) is 53.9 Å². The normalized spacial score (nSPS) is 17.3. The quantitative estimate of drug-likeness (QED) is 0.236. The largest absolute Gasteiger partial charge is 0.397 e. The number of nitrogen functional groups attached to an aromatic ring is 1. The summed E-state index contributed by atoms with van der Waals surface area (Å²) < 4.78 is 16.9. The van der Waals surface area contributed by atoms with Crippen molar-refractivity contribution in [2.75, 3.05) is 50.4 Å². The minimum atomic E-state index is -1.05. The van der Waals surface area contributed by atoms with Gasteiger partial charge in [0.15, 0.2) is 0 Å². The first-order valence-corrected chi connectivity index (χ1v) is 14.4. The van der Waals surface area contributed by atoms with Crippen LogP contribution in [0.1, 0.15) is 24.8 Å². The third-order valence-electron chi connectivity index (χ3n) is 5.02. The Balaban J connectivity index is 1.74. The Hall–Kier alpha value is -1.30. The summed E-state index contributed by atoms with van der Waals surface area (Å²) in [6.45, 7) is 10.7. The predicted molar refractivity (Wildman–Crippen MR) is 121 cm³/mol. The fraction of sp³-hybridized carbons (Fsp3) is 0.667. The standard InChI is InChI=1S/C21H34ClN3O3Si/c1-29(2,3)11-10-28-16-27-9-8-26-15-18-6-4-5-7-25(18)21-13-19(22)17(14-23)12-20(21)24/h12-13,18H,4-11,15-16,24H2,1-3H3. The van der Waals surface area contributed by atoms with Gasteiger partial charge in [-0.05, 0) is 37.4 Å². The number of ether oxygens (including phenoxy) is 3. The van der Waals surface area contributed by atoms with E-state index in [-0.39, 0.29) is 6.04 Å². The molecule has 162 valence electrons. The highest BCUT2D eigenvalue weighted by Crippen LogP contribution is 2.34. The molecule has 0 spiro atoms. The molecule has 0 amide bonds. The lowest BCUT2D eigenvalue weighted by Crippen LogP contribution is -2.43. The second kappa shape index (κ2) is 11.8. The molecule has 1 aliphatic heterocycles. The number of benzene rings is 1. The molecule has 1 aromatic carbocycles. The summed E-state index contributed by atoms with van der Waals surface area (Å²) in [5.41, 5.74) is 8.06. The van der Waals surface area contributed by atoms with Crippen molar-refractivity contribution in [1.29, 1.82) is 5.26 Å². The van der Waals surface area contributed by atoms with Crippen LogP contribution in [0, 0.1) is 11.3 Å². The number of nitrogens with two attached hydrogens (primary N) is 1. The van der Waals surface area contributed by atoms with Crippen LogP contribution < -0.4 is 10.6 Å². The van der Waals surface area contributed by atoms with Crippen molar-refractivity contribution in [3.8, 4) is 6.07 Å². The third-order valence-corrected chi connectivity index (χ3v) is 7.04. The Morgan fingerprint density at radius 1 is 1.17 bits per heavy atom. The Kier molecular flexibility index (Phi) is 9.73. The average molecular weight is 440 g/mol. The molecule has 0 bridgehead atoms. The summed E-state index contributed by atoms with van der Waals surface area (Å²) >= 11 is 6.23. The highest BCUT2D eigenvalue weighted by Gasteiger charge is 2.25. The van der Waals surface area contributed by atoms with E-state index in [1.807, 2.05) is 0 Å². The van der Waals surface area contributed by atoms with Gasteiger partial charge < -0.3 is 24.8 Å². The average Bonchev–Trinajstić information content (AvgIpc) is 2.67. The van der Waals surface area contributed by atoms with E-state index in [4.69, 9.17) is 36.8 Å². The summed E-state index contributed by atoms with van der Waals surface area (Å²) in [4.78, 5) is 2.26. The molecule has 1 atom stereocenters. The number of rotatable bonds is 11. The highest BCUT2D eigenvalue weighted by molar-refractivity contribution is 6.76. The van der Waals surface area contributed by atoms with Crippen molar-refractivity contribution < 1.29 is 14.2 Å². The summed E-state index contributed by atoms with van der Waals surface area (Å²) in [7, 11) is -1.05. The number of hydrogen-bond donors (Lipinski definition) is 1. The number of hydrogen-bond acceptors (Lipinski definition) is 6. The number of halogens is 1. The van der Waals surface area contributed by atoms with E-state index in [2.05, 4.69) is 30.6 Å². The van der Waals surface area contributed by atoms with Crippen LogP contribution in [0.5, 0.6) is 0 Å². The Labute approximate surface area is 180 Å². The maximum atomic E-state index is 9.12. The molecule has 6 nitrogen and oxygen atoms in total. The fourth-order valence-corrected chi connectivity index (χ4v) is 4.25.